The van der Waals surface area contributed by atoms with E-state index in [0.29, 0.717) is 12.1 Å². The minimum Gasteiger partial charge on any atom is -0.390 e. The van der Waals surface area contributed by atoms with Crippen molar-refractivity contribution in [3.8, 4) is 0 Å². The molecule has 116 valence electrons. The molecule has 0 aromatic rings. The molecule has 0 bridgehead atoms. The molecule has 0 amide bonds. The highest BCUT2D eigenvalue weighted by atomic mass is 16.5. The van der Waals surface area contributed by atoms with Gasteiger partial charge in [0.15, 0.2) is 0 Å². The average molecular weight is 284 g/mol. The minimum absolute atomic E-state index is 0.341. The molecule has 1 N–H and O–H groups in total. The topological polar surface area (TPSA) is 45.2 Å². The molecule has 0 spiro atoms. The third-order valence-corrected chi connectivity index (χ3v) is 5.05. The van der Waals surface area contributed by atoms with Gasteiger partial charge in [-0.25, -0.2) is 0 Å². The van der Waals surface area contributed by atoms with Crippen molar-refractivity contribution in [1.29, 1.82) is 0 Å². The van der Waals surface area contributed by atoms with Gasteiger partial charge in [0.05, 0.1) is 37.7 Å². The van der Waals surface area contributed by atoms with Crippen molar-refractivity contribution >= 4 is 0 Å². The number of nitrogens with zero attached hydrogens (tertiary/aromatic N) is 2. The van der Waals surface area contributed by atoms with Crippen molar-refractivity contribution in [1.82, 2.24) is 9.80 Å². The van der Waals surface area contributed by atoms with Gasteiger partial charge in [0.25, 0.3) is 0 Å². The van der Waals surface area contributed by atoms with Gasteiger partial charge in [-0.3, -0.25) is 9.80 Å². The Morgan fingerprint density at radius 1 is 1.15 bits per heavy atom. The molecule has 0 unspecified atom stereocenters. The second-order valence-electron chi connectivity index (χ2n) is 6.84. The quantitative estimate of drug-likeness (QED) is 0.822. The Labute approximate surface area is 121 Å². The van der Waals surface area contributed by atoms with Crippen LogP contribution in [-0.4, -0.2) is 78.8 Å². The first-order valence-corrected chi connectivity index (χ1v) is 8.00. The molecule has 2 aliphatic heterocycles. The fraction of sp³-hybridized carbons (Fsp3) is 1.00. The van der Waals surface area contributed by atoms with Crippen molar-refractivity contribution in [2.45, 2.75) is 50.4 Å². The third kappa shape index (κ3) is 3.71. The maximum absolute atomic E-state index is 9.94. The van der Waals surface area contributed by atoms with Gasteiger partial charge in [0.1, 0.15) is 0 Å². The zero-order chi connectivity index (χ0) is 14.0. The molecule has 0 radical (unpaired) electrons. The second kappa shape index (κ2) is 6.28. The molecule has 3 fully saturated rings. The Hall–Kier alpha value is -0.200. The molecule has 1 saturated carbocycles. The van der Waals surface area contributed by atoms with E-state index >= 15 is 0 Å². The predicted molar refractivity (Wildman–Crippen MR) is 76.6 cm³/mol. The summed E-state index contributed by atoms with van der Waals surface area (Å²) in [5, 5.41) is 9.94. The Morgan fingerprint density at radius 2 is 1.80 bits per heavy atom. The minimum atomic E-state index is -0.462. The molecular formula is C15H28N2O3. The number of piperazine rings is 1. The smallest absolute Gasteiger partial charge is 0.0994 e. The Kier molecular flexibility index (Phi) is 4.62. The van der Waals surface area contributed by atoms with Gasteiger partial charge in [-0.15, -0.1) is 0 Å². The molecule has 2 heterocycles. The maximum Gasteiger partial charge on any atom is 0.0994 e. The van der Waals surface area contributed by atoms with Gasteiger partial charge in [-0.05, 0) is 32.6 Å². The molecule has 0 aromatic heterocycles. The molecule has 1 aliphatic carbocycles. The highest BCUT2D eigenvalue weighted by molar-refractivity contribution is 4.83. The lowest BCUT2D eigenvalue weighted by atomic mass is 9.85. The normalized spacial score (nSPS) is 37.8. The highest BCUT2D eigenvalue weighted by Crippen LogP contribution is 2.29. The predicted octanol–water partition coefficient (Wildman–Crippen LogP) is 0.671. The van der Waals surface area contributed by atoms with Crippen molar-refractivity contribution in [2.75, 3.05) is 46.1 Å². The fourth-order valence-corrected chi connectivity index (χ4v) is 3.28. The van der Waals surface area contributed by atoms with Crippen molar-refractivity contribution in [3.05, 3.63) is 0 Å². The van der Waals surface area contributed by atoms with Crippen LogP contribution in [0.5, 0.6) is 0 Å². The molecule has 20 heavy (non-hydrogen) atoms. The zero-order valence-electron chi connectivity index (χ0n) is 12.6. The van der Waals surface area contributed by atoms with Crippen molar-refractivity contribution < 1.29 is 14.6 Å². The van der Waals surface area contributed by atoms with Crippen LogP contribution in [0.25, 0.3) is 0 Å². The van der Waals surface area contributed by atoms with Gasteiger partial charge in [0.2, 0.25) is 0 Å². The van der Waals surface area contributed by atoms with E-state index in [1.165, 1.54) is 0 Å². The fourth-order valence-electron chi connectivity index (χ4n) is 3.28. The number of rotatable bonds is 4. The van der Waals surface area contributed by atoms with Crippen LogP contribution >= 0.6 is 0 Å². The van der Waals surface area contributed by atoms with Gasteiger partial charge < -0.3 is 14.6 Å². The molecule has 5 nitrogen and oxygen atoms in total. The first kappa shape index (κ1) is 14.7. The van der Waals surface area contributed by atoms with Crippen LogP contribution in [0.2, 0.25) is 0 Å². The van der Waals surface area contributed by atoms with Crippen molar-refractivity contribution in [3.63, 3.8) is 0 Å². The number of hydrogen-bond acceptors (Lipinski definition) is 5. The number of hydrogen-bond donors (Lipinski definition) is 1. The molecule has 3 rings (SSSR count). The summed E-state index contributed by atoms with van der Waals surface area (Å²) >= 11 is 0. The van der Waals surface area contributed by atoms with Crippen LogP contribution in [0.3, 0.4) is 0 Å². The number of ether oxygens (including phenoxy) is 2. The maximum atomic E-state index is 9.94. The van der Waals surface area contributed by atoms with E-state index in [0.717, 1.165) is 71.8 Å². The van der Waals surface area contributed by atoms with E-state index < -0.39 is 5.60 Å². The summed E-state index contributed by atoms with van der Waals surface area (Å²) in [6.07, 6.45) is 4.06. The summed E-state index contributed by atoms with van der Waals surface area (Å²) in [4.78, 5) is 4.95. The SMILES string of the molecule is C[C@]1(O)CC[C@@H](OCN2CCN(C3COC3)CC2)CC1. The van der Waals surface area contributed by atoms with E-state index in [4.69, 9.17) is 9.47 Å². The lowest BCUT2D eigenvalue weighted by Gasteiger charge is -2.42. The summed E-state index contributed by atoms with van der Waals surface area (Å²) in [6, 6.07) is 0.665. The Morgan fingerprint density at radius 3 is 2.35 bits per heavy atom. The molecule has 2 saturated heterocycles. The second-order valence-corrected chi connectivity index (χ2v) is 6.84. The average Bonchev–Trinajstić information content (AvgIpc) is 2.37. The molecule has 0 aromatic carbocycles. The van der Waals surface area contributed by atoms with E-state index in [1.807, 2.05) is 6.92 Å². The largest absolute Gasteiger partial charge is 0.390 e. The van der Waals surface area contributed by atoms with E-state index in [9.17, 15) is 5.11 Å². The van der Waals surface area contributed by atoms with E-state index in [-0.39, 0.29) is 0 Å². The summed E-state index contributed by atoms with van der Waals surface area (Å²) in [6.45, 7) is 8.99. The van der Waals surface area contributed by atoms with Crippen LogP contribution < -0.4 is 0 Å². The van der Waals surface area contributed by atoms with Gasteiger partial charge in [-0.1, -0.05) is 0 Å². The molecular weight excluding hydrogens is 256 g/mol. The molecule has 0 atom stereocenters. The van der Waals surface area contributed by atoms with Crippen LogP contribution in [0.15, 0.2) is 0 Å². The zero-order valence-corrected chi connectivity index (χ0v) is 12.6. The first-order chi connectivity index (χ1) is 9.62. The first-order valence-electron chi connectivity index (χ1n) is 8.00. The lowest BCUT2D eigenvalue weighted by Crippen LogP contribution is -2.56. The van der Waals surface area contributed by atoms with Crippen LogP contribution in [0.1, 0.15) is 32.6 Å². The highest BCUT2D eigenvalue weighted by Gasteiger charge is 2.31. The van der Waals surface area contributed by atoms with E-state index in [2.05, 4.69) is 9.80 Å². The lowest BCUT2D eigenvalue weighted by molar-refractivity contribution is -0.103. The summed E-state index contributed by atoms with van der Waals surface area (Å²) in [7, 11) is 0. The van der Waals surface area contributed by atoms with Gasteiger partial charge in [-0.2, -0.15) is 0 Å². The summed E-state index contributed by atoms with van der Waals surface area (Å²) in [5.74, 6) is 0. The third-order valence-electron chi connectivity index (χ3n) is 5.05. The summed E-state index contributed by atoms with van der Waals surface area (Å²) in [5.41, 5.74) is -0.462. The Bertz CT molecular complexity index is 302. The van der Waals surface area contributed by atoms with Crippen LogP contribution in [0.4, 0.5) is 0 Å². The summed E-state index contributed by atoms with van der Waals surface area (Å²) < 4.78 is 11.3. The number of aliphatic hydroxyl groups is 1. The van der Waals surface area contributed by atoms with E-state index in [1.54, 1.807) is 0 Å². The van der Waals surface area contributed by atoms with Gasteiger partial charge in [0, 0.05) is 26.2 Å². The van der Waals surface area contributed by atoms with Crippen LogP contribution in [-0.2, 0) is 9.47 Å². The van der Waals surface area contributed by atoms with Gasteiger partial charge >= 0.3 is 0 Å². The van der Waals surface area contributed by atoms with Crippen LogP contribution in [0, 0.1) is 0 Å². The monoisotopic (exact) mass is 284 g/mol. The molecule has 5 heteroatoms. The Balaban J connectivity index is 1.32. The van der Waals surface area contributed by atoms with Crippen molar-refractivity contribution in [2.24, 2.45) is 0 Å². The standard InChI is InChI=1S/C15H28N2O3/c1-15(18)4-2-14(3-5-15)20-12-16-6-8-17(9-7-16)13-10-19-11-13/h13-14,18H,2-12H2,1H3/t14-,15+. The molecule has 3 aliphatic rings.